The molecule has 2 heterocycles. The van der Waals surface area contributed by atoms with Gasteiger partial charge >= 0.3 is 0 Å². The zero-order valence-electron chi connectivity index (χ0n) is 20.7. The van der Waals surface area contributed by atoms with Gasteiger partial charge in [-0.05, 0) is 55.2 Å². The van der Waals surface area contributed by atoms with E-state index in [0.29, 0.717) is 29.7 Å². The molecule has 1 N–H and O–H groups in total. The molecule has 0 aliphatic carbocycles. The van der Waals surface area contributed by atoms with Gasteiger partial charge in [0.2, 0.25) is 11.1 Å². The number of hydrogen-bond donors (Lipinski definition) is 1. The molecule has 6 nitrogen and oxygen atoms in total. The second-order valence-corrected chi connectivity index (χ2v) is 10.5. The molecule has 37 heavy (non-hydrogen) atoms. The zero-order chi connectivity index (χ0) is 25.6. The number of fused-ring (bicyclic) bond motifs is 3. The van der Waals surface area contributed by atoms with E-state index < -0.39 is 0 Å². The van der Waals surface area contributed by atoms with E-state index in [0.717, 1.165) is 51.8 Å². The minimum absolute atomic E-state index is 0.0723. The number of carbonyl (C=O) groups excluding carboxylic acids is 1. The van der Waals surface area contributed by atoms with Crippen molar-refractivity contribution in [2.45, 2.75) is 37.9 Å². The third kappa shape index (κ3) is 6.29. The first kappa shape index (κ1) is 25.2. The highest BCUT2D eigenvalue weighted by Crippen LogP contribution is 2.29. The lowest BCUT2D eigenvalue weighted by atomic mass is 10.1. The van der Waals surface area contributed by atoms with Crippen LogP contribution in [0.4, 0.5) is 0 Å². The van der Waals surface area contributed by atoms with Crippen molar-refractivity contribution in [2.75, 3.05) is 12.3 Å². The Kier molecular flexibility index (Phi) is 8.02. The van der Waals surface area contributed by atoms with Crippen LogP contribution in [0.2, 0.25) is 5.02 Å². The summed E-state index contributed by atoms with van der Waals surface area (Å²) >= 11 is 7.77. The number of nitrogens with one attached hydrogen (secondary N) is 1. The molecular weight excluding hydrogens is 502 g/mol. The molecule has 5 rings (SSSR count). The summed E-state index contributed by atoms with van der Waals surface area (Å²) in [5, 5.41) is 14.3. The minimum atomic E-state index is 0.0723. The summed E-state index contributed by atoms with van der Waals surface area (Å²) < 4.78 is 2.18. The fourth-order valence-electron chi connectivity index (χ4n) is 4.37. The van der Waals surface area contributed by atoms with Gasteiger partial charge in [0.05, 0.1) is 5.52 Å². The second-order valence-electron chi connectivity index (χ2n) is 9.04. The highest BCUT2D eigenvalue weighted by atomic mass is 35.5. The van der Waals surface area contributed by atoms with Crippen molar-refractivity contribution in [3.05, 3.63) is 94.5 Å². The van der Waals surface area contributed by atoms with Crippen molar-refractivity contribution >= 4 is 51.3 Å². The maximum absolute atomic E-state index is 12.2. The number of hydrogen-bond acceptors (Lipinski definition) is 5. The molecule has 3 aromatic carbocycles. The van der Waals surface area contributed by atoms with Gasteiger partial charge in [0.25, 0.3) is 0 Å². The van der Waals surface area contributed by atoms with Gasteiger partial charge in [0.1, 0.15) is 5.52 Å². The molecule has 0 unspecified atom stereocenters. The van der Waals surface area contributed by atoms with Crippen LogP contribution in [0.15, 0.2) is 78.0 Å². The van der Waals surface area contributed by atoms with Gasteiger partial charge in [-0.3, -0.25) is 4.79 Å². The number of carbonyl (C=O) groups is 1. The Morgan fingerprint density at radius 1 is 1.00 bits per heavy atom. The molecular formula is C29H28ClN5OS. The lowest BCUT2D eigenvalue weighted by molar-refractivity contribution is -0.121. The Balaban J connectivity index is 1.24. The van der Waals surface area contributed by atoms with Crippen molar-refractivity contribution in [2.24, 2.45) is 0 Å². The van der Waals surface area contributed by atoms with Crippen LogP contribution in [0.5, 0.6) is 0 Å². The molecule has 0 radical (unpaired) electrons. The Morgan fingerprint density at radius 2 is 1.84 bits per heavy atom. The monoisotopic (exact) mass is 529 g/mol. The number of halogens is 1. The highest BCUT2D eigenvalue weighted by Gasteiger charge is 2.16. The highest BCUT2D eigenvalue weighted by molar-refractivity contribution is 7.99. The quantitative estimate of drug-likeness (QED) is 0.172. The third-order valence-corrected chi connectivity index (χ3v) is 7.35. The topological polar surface area (TPSA) is 72.7 Å². The Labute approximate surface area is 225 Å². The van der Waals surface area contributed by atoms with Crippen LogP contribution in [0.3, 0.4) is 0 Å². The van der Waals surface area contributed by atoms with Crippen molar-refractivity contribution < 1.29 is 4.79 Å². The van der Waals surface area contributed by atoms with E-state index in [1.54, 1.807) is 0 Å². The fraction of sp³-hybridized carbons (Fsp3) is 0.241. The summed E-state index contributed by atoms with van der Waals surface area (Å²) in [6.07, 6.45) is 2.06. The molecule has 0 atom stereocenters. The molecule has 0 saturated heterocycles. The maximum Gasteiger partial charge on any atom is 0.220 e. The SMILES string of the molecule is Cc1ccc2c(c1)c1nnc(SCCCC(=O)NCCc3ccccc3)nc1n2Cc1cccc(Cl)c1. The molecule has 2 aromatic heterocycles. The van der Waals surface area contributed by atoms with Gasteiger partial charge in [0, 0.05) is 35.7 Å². The minimum Gasteiger partial charge on any atom is -0.356 e. The molecule has 1 amide bonds. The number of rotatable bonds is 10. The summed E-state index contributed by atoms with van der Waals surface area (Å²) in [5.41, 5.74) is 6.15. The van der Waals surface area contributed by atoms with E-state index in [4.69, 9.17) is 16.6 Å². The average molecular weight is 530 g/mol. The summed E-state index contributed by atoms with van der Waals surface area (Å²) in [5.74, 6) is 0.815. The average Bonchev–Trinajstić information content (AvgIpc) is 3.19. The van der Waals surface area contributed by atoms with Crippen molar-refractivity contribution in [1.82, 2.24) is 25.1 Å². The normalized spacial score (nSPS) is 11.3. The lowest BCUT2D eigenvalue weighted by Crippen LogP contribution is -2.25. The standard InChI is InChI=1S/C29H28ClN5OS/c1-20-12-13-25-24(17-20)27-28(35(25)19-22-9-5-10-23(30)18-22)32-29(34-33-27)37-16-6-11-26(36)31-15-14-21-7-3-2-4-8-21/h2-5,7-10,12-13,17-18H,6,11,14-16,19H2,1H3,(H,31,36). The Bertz CT molecular complexity index is 1540. The van der Waals surface area contributed by atoms with E-state index in [1.807, 2.05) is 36.4 Å². The largest absolute Gasteiger partial charge is 0.356 e. The molecule has 0 fully saturated rings. The molecule has 0 aliphatic rings. The van der Waals surface area contributed by atoms with Gasteiger partial charge in [-0.2, -0.15) is 0 Å². The Hall–Kier alpha value is -3.42. The molecule has 8 heteroatoms. The first-order valence-electron chi connectivity index (χ1n) is 12.4. The van der Waals surface area contributed by atoms with Gasteiger partial charge in [-0.15, -0.1) is 10.2 Å². The summed E-state index contributed by atoms with van der Waals surface area (Å²) in [7, 11) is 0. The second kappa shape index (κ2) is 11.8. The summed E-state index contributed by atoms with van der Waals surface area (Å²) in [4.78, 5) is 17.1. The first-order chi connectivity index (χ1) is 18.1. The van der Waals surface area contributed by atoms with Crippen LogP contribution in [0.25, 0.3) is 22.1 Å². The van der Waals surface area contributed by atoms with Crippen LogP contribution in [-0.4, -0.2) is 38.0 Å². The Morgan fingerprint density at radius 3 is 2.68 bits per heavy atom. The lowest BCUT2D eigenvalue weighted by Gasteiger charge is -2.08. The number of aryl methyl sites for hydroxylation is 1. The van der Waals surface area contributed by atoms with Crippen LogP contribution in [0.1, 0.15) is 29.5 Å². The molecule has 0 aliphatic heterocycles. The zero-order valence-corrected chi connectivity index (χ0v) is 22.2. The first-order valence-corrected chi connectivity index (χ1v) is 13.7. The van der Waals surface area contributed by atoms with E-state index in [9.17, 15) is 4.79 Å². The maximum atomic E-state index is 12.2. The molecule has 0 spiro atoms. The molecule has 188 valence electrons. The molecule has 0 bridgehead atoms. The third-order valence-electron chi connectivity index (χ3n) is 6.19. The number of amides is 1. The van der Waals surface area contributed by atoms with Crippen LogP contribution >= 0.6 is 23.4 Å². The molecule has 5 aromatic rings. The number of aromatic nitrogens is 4. The van der Waals surface area contributed by atoms with Crippen molar-refractivity contribution in [3.8, 4) is 0 Å². The van der Waals surface area contributed by atoms with E-state index in [2.05, 4.69) is 63.4 Å². The van der Waals surface area contributed by atoms with Crippen LogP contribution in [-0.2, 0) is 17.8 Å². The van der Waals surface area contributed by atoms with Crippen LogP contribution < -0.4 is 5.32 Å². The summed E-state index contributed by atoms with van der Waals surface area (Å²) in [6, 6.07) is 24.4. The fourth-order valence-corrected chi connectivity index (χ4v) is 5.30. The van der Waals surface area contributed by atoms with Crippen molar-refractivity contribution in [3.63, 3.8) is 0 Å². The van der Waals surface area contributed by atoms with Crippen LogP contribution in [0, 0.1) is 6.92 Å². The van der Waals surface area contributed by atoms with E-state index in [1.165, 1.54) is 17.3 Å². The van der Waals surface area contributed by atoms with Crippen molar-refractivity contribution in [1.29, 1.82) is 0 Å². The van der Waals surface area contributed by atoms with Gasteiger partial charge < -0.3 is 9.88 Å². The molecule has 0 saturated carbocycles. The van der Waals surface area contributed by atoms with Gasteiger partial charge in [-0.1, -0.05) is 77.5 Å². The summed E-state index contributed by atoms with van der Waals surface area (Å²) in [6.45, 7) is 3.36. The van der Waals surface area contributed by atoms with Gasteiger partial charge in [-0.25, -0.2) is 4.98 Å². The number of benzene rings is 3. The van der Waals surface area contributed by atoms with E-state index in [-0.39, 0.29) is 5.91 Å². The predicted octanol–water partition coefficient (Wildman–Crippen LogP) is 6.22. The van der Waals surface area contributed by atoms with Gasteiger partial charge in [0.15, 0.2) is 5.65 Å². The smallest absolute Gasteiger partial charge is 0.220 e. The number of thioether (sulfide) groups is 1. The van der Waals surface area contributed by atoms with E-state index >= 15 is 0 Å². The predicted molar refractivity (Wildman–Crippen MR) is 151 cm³/mol. The number of nitrogens with zero attached hydrogens (tertiary/aromatic N) is 4.